The third kappa shape index (κ3) is 4.97. The van der Waals surface area contributed by atoms with E-state index >= 15 is 0 Å². The highest BCUT2D eigenvalue weighted by Gasteiger charge is 2.14. The Hall–Kier alpha value is -2.81. The predicted molar refractivity (Wildman–Crippen MR) is 119 cm³/mol. The Bertz CT molecular complexity index is 1000. The van der Waals surface area contributed by atoms with E-state index < -0.39 is 0 Å². The Kier molecular flexibility index (Phi) is 6.58. The van der Waals surface area contributed by atoms with Gasteiger partial charge < -0.3 is 15.5 Å². The summed E-state index contributed by atoms with van der Waals surface area (Å²) in [6.45, 7) is 5.11. The minimum Gasteiger partial charge on any atom is -0.378 e. The van der Waals surface area contributed by atoms with Crippen molar-refractivity contribution in [3.05, 3.63) is 36.0 Å². The summed E-state index contributed by atoms with van der Waals surface area (Å²) in [5, 5.41) is 12.3. The number of hydrogen-bond donors (Lipinski definition) is 2. The second-order valence-corrected chi connectivity index (χ2v) is 7.94. The van der Waals surface area contributed by atoms with Gasteiger partial charge in [0.15, 0.2) is 10.8 Å². The highest BCUT2D eigenvalue weighted by atomic mass is 32.2. The van der Waals surface area contributed by atoms with Crippen LogP contribution in [0.25, 0.3) is 11.0 Å². The van der Waals surface area contributed by atoms with E-state index in [1.165, 1.54) is 11.8 Å². The van der Waals surface area contributed by atoms with Crippen molar-refractivity contribution in [1.82, 2.24) is 25.1 Å². The molecule has 2 N–H and O–H groups in total. The van der Waals surface area contributed by atoms with Gasteiger partial charge in [-0.1, -0.05) is 17.8 Å². The largest absolute Gasteiger partial charge is 0.378 e. The standard InChI is InChI=1S/C20H27N7OS/c1-13(2)23-17-16-12-22-27(18(16)25-20(24-17)29-5)10-9-21-19(28)14-7-6-8-15(11-14)26(3)4/h6-8,11-13H,9-10H2,1-5H3,(H,21,28)(H,23,24,25). The van der Waals surface area contributed by atoms with E-state index in [-0.39, 0.29) is 11.9 Å². The number of aromatic nitrogens is 4. The van der Waals surface area contributed by atoms with Gasteiger partial charge in [0, 0.05) is 37.9 Å². The number of nitrogens with one attached hydrogen (secondary N) is 2. The van der Waals surface area contributed by atoms with Gasteiger partial charge in [-0.25, -0.2) is 14.6 Å². The lowest BCUT2D eigenvalue weighted by atomic mass is 10.2. The molecule has 154 valence electrons. The monoisotopic (exact) mass is 413 g/mol. The van der Waals surface area contributed by atoms with Crippen LogP contribution in [0.2, 0.25) is 0 Å². The maximum Gasteiger partial charge on any atom is 0.251 e. The molecule has 29 heavy (non-hydrogen) atoms. The predicted octanol–water partition coefficient (Wildman–Crippen LogP) is 2.86. The molecule has 0 saturated carbocycles. The molecule has 2 heterocycles. The Labute approximate surface area is 175 Å². The van der Waals surface area contributed by atoms with Crippen LogP contribution >= 0.6 is 11.8 Å². The number of carbonyl (C=O) groups excluding carboxylic acids is 1. The highest BCUT2D eigenvalue weighted by molar-refractivity contribution is 7.98. The van der Waals surface area contributed by atoms with Crippen LogP contribution in [0.4, 0.5) is 11.5 Å². The summed E-state index contributed by atoms with van der Waals surface area (Å²) in [5.41, 5.74) is 2.38. The smallest absolute Gasteiger partial charge is 0.251 e. The van der Waals surface area contributed by atoms with Gasteiger partial charge in [0.25, 0.3) is 5.91 Å². The van der Waals surface area contributed by atoms with E-state index in [9.17, 15) is 4.79 Å². The Morgan fingerprint density at radius 2 is 2.07 bits per heavy atom. The van der Waals surface area contributed by atoms with Crippen molar-refractivity contribution < 1.29 is 4.79 Å². The van der Waals surface area contributed by atoms with E-state index in [0.717, 1.165) is 22.5 Å². The number of nitrogens with zero attached hydrogens (tertiary/aromatic N) is 5. The van der Waals surface area contributed by atoms with Crippen LogP contribution in [-0.4, -0.2) is 58.6 Å². The molecule has 1 aromatic carbocycles. The average molecular weight is 414 g/mol. The van der Waals surface area contributed by atoms with Crippen LogP contribution in [0.5, 0.6) is 0 Å². The van der Waals surface area contributed by atoms with Crippen molar-refractivity contribution in [1.29, 1.82) is 0 Å². The number of anilines is 2. The highest BCUT2D eigenvalue weighted by Crippen LogP contribution is 2.23. The van der Waals surface area contributed by atoms with Gasteiger partial charge in [-0.3, -0.25) is 4.79 Å². The molecular formula is C20H27N7OS. The maximum absolute atomic E-state index is 12.5. The Morgan fingerprint density at radius 1 is 1.28 bits per heavy atom. The van der Waals surface area contributed by atoms with E-state index in [1.54, 1.807) is 10.9 Å². The first-order valence-electron chi connectivity index (χ1n) is 9.48. The quantitative estimate of drug-likeness (QED) is 0.434. The number of thioether (sulfide) groups is 1. The summed E-state index contributed by atoms with van der Waals surface area (Å²) in [6.07, 6.45) is 3.72. The molecule has 9 heteroatoms. The number of benzene rings is 1. The summed E-state index contributed by atoms with van der Waals surface area (Å²) in [4.78, 5) is 23.6. The number of hydrogen-bond acceptors (Lipinski definition) is 7. The van der Waals surface area contributed by atoms with E-state index in [4.69, 9.17) is 0 Å². The first-order valence-corrected chi connectivity index (χ1v) is 10.7. The van der Waals surface area contributed by atoms with Crippen LogP contribution in [0.15, 0.2) is 35.6 Å². The number of rotatable bonds is 8. The topological polar surface area (TPSA) is 88.0 Å². The zero-order valence-electron chi connectivity index (χ0n) is 17.4. The lowest BCUT2D eigenvalue weighted by Crippen LogP contribution is -2.27. The van der Waals surface area contributed by atoms with Crippen molar-refractivity contribution >= 4 is 40.2 Å². The summed E-state index contributed by atoms with van der Waals surface area (Å²) < 4.78 is 1.80. The van der Waals surface area contributed by atoms with Crippen LogP contribution in [0.1, 0.15) is 24.2 Å². The van der Waals surface area contributed by atoms with Crippen molar-refractivity contribution in [2.24, 2.45) is 0 Å². The van der Waals surface area contributed by atoms with Gasteiger partial charge in [-0.15, -0.1) is 0 Å². The molecule has 0 spiro atoms. The molecule has 8 nitrogen and oxygen atoms in total. The summed E-state index contributed by atoms with van der Waals surface area (Å²) in [6, 6.07) is 7.80. The molecule has 0 aliphatic rings. The summed E-state index contributed by atoms with van der Waals surface area (Å²) in [5.74, 6) is 0.678. The minimum absolute atomic E-state index is 0.105. The second kappa shape index (κ2) is 9.13. The lowest BCUT2D eigenvalue weighted by Gasteiger charge is -2.13. The SMILES string of the molecule is CSc1nc(NC(C)C)c2cnn(CCNC(=O)c3cccc(N(C)C)c3)c2n1. The van der Waals surface area contributed by atoms with Crippen molar-refractivity contribution in [2.45, 2.75) is 31.6 Å². The number of fused-ring (bicyclic) bond motifs is 1. The first kappa shape index (κ1) is 20.9. The lowest BCUT2D eigenvalue weighted by molar-refractivity contribution is 0.0952. The molecule has 0 bridgehead atoms. The van der Waals surface area contributed by atoms with E-state index in [2.05, 4.69) is 39.5 Å². The maximum atomic E-state index is 12.5. The molecule has 0 atom stereocenters. The van der Waals surface area contributed by atoms with Gasteiger partial charge >= 0.3 is 0 Å². The summed E-state index contributed by atoms with van der Waals surface area (Å²) >= 11 is 1.49. The van der Waals surface area contributed by atoms with Crippen LogP contribution in [-0.2, 0) is 6.54 Å². The second-order valence-electron chi connectivity index (χ2n) is 7.16. The fourth-order valence-electron chi connectivity index (χ4n) is 2.88. The summed E-state index contributed by atoms with van der Waals surface area (Å²) in [7, 11) is 3.90. The zero-order chi connectivity index (χ0) is 21.0. The van der Waals surface area contributed by atoms with E-state index in [1.807, 2.05) is 49.5 Å². The van der Waals surface area contributed by atoms with Gasteiger partial charge in [0.1, 0.15) is 5.82 Å². The first-order chi connectivity index (χ1) is 13.9. The average Bonchev–Trinajstić information content (AvgIpc) is 3.10. The third-order valence-corrected chi connectivity index (χ3v) is 4.87. The Balaban J connectivity index is 1.72. The molecule has 0 saturated heterocycles. The third-order valence-electron chi connectivity index (χ3n) is 4.32. The minimum atomic E-state index is -0.105. The zero-order valence-corrected chi connectivity index (χ0v) is 18.2. The van der Waals surface area contributed by atoms with Crippen molar-refractivity contribution in [2.75, 3.05) is 37.1 Å². The molecule has 0 aliphatic carbocycles. The fourth-order valence-corrected chi connectivity index (χ4v) is 3.24. The number of amides is 1. The van der Waals surface area contributed by atoms with E-state index in [0.29, 0.717) is 23.8 Å². The van der Waals surface area contributed by atoms with Gasteiger partial charge in [-0.2, -0.15) is 5.10 Å². The van der Waals surface area contributed by atoms with Crippen molar-refractivity contribution in [3.63, 3.8) is 0 Å². The molecule has 1 amide bonds. The van der Waals surface area contributed by atoms with Crippen LogP contribution in [0.3, 0.4) is 0 Å². The fraction of sp³-hybridized carbons (Fsp3) is 0.400. The van der Waals surface area contributed by atoms with Crippen LogP contribution in [0, 0.1) is 0 Å². The van der Waals surface area contributed by atoms with Crippen LogP contribution < -0.4 is 15.5 Å². The molecular weight excluding hydrogens is 386 g/mol. The molecule has 0 unspecified atom stereocenters. The number of carbonyl (C=O) groups is 1. The molecule has 0 fully saturated rings. The molecule has 2 aromatic heterocycles. The normalized spacial score (nSPS) is 11.1. The van der Waals surface area contributed by atoms with Gasteiger partial charge in [-0.05, 0) is 38.3 Å². The molecule has 3 rings (SSSR count). The molecule has 0 radical (unpaired) electrons. The molecule has 0 aliphatic heterocycles. The van der Waals surface area contributed by atoms with Crippen molar-refractivity contribution in [3.8, 4) is 0 Å². The molecule has 3 aromatic rings. The van der Waals surface area contributed by atoms with Gasteiger partial charge in [0.2, 0.25) is 0 Å². The van der Waals surface area contributed by atoms with Gasteiger partial charge in [0.05, 0.1) is 18.1 Å². The Morgan fingerprint density at radius 3 is 2.76 bits per heavy atom.